The average molecular weight is 396 g/mol. The van der Waals surface area contributed by atoms with Crippen molar-refractivity contribution in [3.8, 4) is 11.4 Å². The molecule has 1 aromatic heterocycles. The maximum Gasteiger partial charge on any atom is 0.416 e. The van der Waals surface area contributed by atoms with Crippen molar-refractivity contribution in [2.45, 2.75) is 31.7 Å². The number of alkyl halides is 3. The Morgan fingerprint density at radius 3 is 2.61 bits per heavy atom. The molecule has 6 nitrogen and oxygen atoms in total. The average Bonchev–Trinajstić information content (AvgIpc) is 3.35. The first kappa shape index (κ1) is 19.4. The van der Waals surface area contributed by atoms with E-state index < -0.39 is 11.7 Å². The molecule has 1 atom stereocenters. The number of ether oxygens (including phenoxy) is 1. The normalized spacial score (nSPS) is 22.0. The monoisotopic (exact) mass is 396 g/mol. The Bertz CT molecular complexity index is 781. The van der Waals surface area contributed by atoms with E-state index in [1.165, 1.54) is 6.07 Å². The Morgan fingerprint density at radius 2 is 1.89 bits per heavy atom. The van der Waals surface area contributed by atoms with Gasteiger partial charge >= 0.3 is 6.18 Å². The molecule has 1 unspecified atom stereocenters. The lowest BCUT2D eigenvalue weighted by molar-refractivity contribution is -0.137. The second-order valence-electron chi connectivity index (χ2n) is 7.30. The van der Waals surface area contributed by atoms with Crippen LogP contribution in [0.1, 0.15) is 24.3 Å². The summed E-state index contributed by atoms with van der Waals surface area (Å²) in [7, 11) is 0. The summed E-state index contributed by atoms with van der Waals surface area (Å²) < 4.78 is 49.6. The zero-order valence-electron chi connectivity index (χ0n) is 15.5. The van der Waals surface area contributed by atoms with Crippen LogP contribution in [-0.2, 0) is 17.5 Å². The molecule has 0 aliphatic carbocycles. The topological polar surface area (TPSA) is 54.6 Å². The van der Waals surface area contributed by atoms with Crippen LogP contribution in [0, 0.1) is 0 Å². The van der Waals surface area contributed by atoms with Gasteiger partial charge in [-0.1, -0.05) is 17.3 Å². The van der Waals surface area contributed by atoms with Crippen LogP contribution < -0.4 is 0 Å². The van der Waals surface area contributed by atoms with E-state index in [1.54, 1.807) is 6.07 Å². The Labute approximate surface area is 161 Å². The minimum Gasteiger partial charge on any atom is -0.377 e. The molecule has 0 radical (unpaired) electrons. The van der Waals surface area contributed by atoms with Gasteiger partial charge in [-0.2, -0.15) is 18.2 Å². The van der Waals surface area contributed by atoms with Gasteiger partial charge in [0.2, 0.25) is 11.7 Å². The lowest BCUT2D eigenvalue weighted by atomic mass is 10.1. The van der Waals surface area contributed by atoms with Crippen LogP contribution >= 0.6 is 0 Å². The Hall–Kier alpha value is -1.97. The number of piperazine rings is 1. The minimum atomic E-state index is -4.40. The standard InChI is InChI=1S/C19H23F3N4O2/c20-19(21,22)15-4-1-3-14(11-15)18-23-17(28-24-18)13-26-8-6-25(7-9-26)12-16-5-2-10-27-16/h1,3-4,11,16H,2,5-10,12-13H2. The van der Waals surface area contributed by atoms with Crippen LogP contribution in [0.25, 0.3) is 11.4 Å². The summed E-state index contributed by atoms with van der Waals surface area (Å²) in [4.78, 5) is 8.91. The maximum atomic E-state index is 12.9. The lowest BCUT2D eigenvalue weighted by Crippen LogP contribution is -2.48. The summed E-state index contributed by atoms with van der Waals surface area (Å²) in [5.74, 6) is 0.595. The maximum absolute atomic E-state index is 12.9. The summed E-state index contributed by atoms with van der Waals surface area (Å²) in [6, 6.07) is 4.97. The quantitative estimate of drug-likeness (QED) is 0.774. The smallest absolute Gasteiger partial charge is 0.377 e. The molecule has 0 saturated carbocycles. The molecule has 1 aromatic carbocycles. The van der Waals surface area contributed by atoms with Gasteiger partial charge in [0.15, 0.2) is 0 Å². The number of rotatable bonds is 5. The predicted molar refractivity (Wildman–Crippen MR) is 95.4 cm³/mol. The van der Waals surface area contributed by atoms with Crippen molar-refractivity contribution in [2.75, 3.05) is 39.3 Å². The first-order valence-corrected chi connectivity index (χ1v) is 9.54. The minimum absolute atomic E-state index is 0.179. The fourth-order valence-corrected chi connectivity index (χ4v) is 3.67. The summed E-state index contributed by atoms with van der Waals surface area (Å²) in [6.07, 6.45) is -1.75. The molecule has 4 rings (SSSR count). The van der Waals surface area contributed by atoms with Crippen LogP contribution in [0.4, 0.5) is 13.2 Å². The fourth-order valence-electron chi connectivity index (χ4n) is 3.67. The third-order valence-electron chi connectivity index (χ3n) is 5.23. The lowest BCUT2D eigenvalue weighted by Gasteiger charge is -2.34. The van der Waals surface area contributed by atoms with Crippen LogP contribution in [0.15, 0.2) is 28.8 Å². The molecule has 0 N–H and O–H groups in total. The van der Waals surface area contributed by atoms with Gasteiger partial charge in [0, 0.05) is 44.9 Å². The molecule has 2 aromatic rings. The molecular weight excluding hydrogens is 373 g/mol. The zero-order chi connectivity index (χ0) is 19.6. The highest BCUT2D eigenvalue weighted by Gasteiger charge is 2.31. The van der Waals surface area contributed by atoms with E-state index >= 15 is 0 Å². The number of hydrogen-bond donors (Lipinski definition) is 0. The molecule has 2 aliphatic rings. The van der Waals surface area contributed by atoms with Crippen molar-refractivity contribution < 1.29 is 22.4 Å². The van der Waals surface area contributed by atoms with E-state index in [0.717, 1.165) is 64.3 Å². The fraction of sp³-hybridized carbons (Fsp3) is 0.579. The highest BCUT2D eigenvalue weighted by atomic mass is 19.4. The molecule has 2 fully saturated rings. The van der Waals surface area contributed by atoms with Crippen molar-refractivity contribution in [3.63, 3.8) is 0 Å². The number of nitrogens with zero attached hydrogens (tertiary/aromatic N) is 4. The van der Waals surface area contributed by atoms with Crippen molar-refractivity contribution in [1.82, 2.24) is 19.9 Å². The summed E-state index contributed by atoms with van der Waals surface area (Å²) in [5, 5.41) is 3.85. The number of halogens is 3. The van der Waals surface area contributed by atoms with E-state index in [9.17, 15) is 13.2 Å². The van der Waals surface area contributed by atoms with Crippen molar-refractivity contribution in [2.24, 2.45) is 0 Å². The molecule has 2 aliphatic heterocycles. The van der Waals surface area contributed by atoms with Gasteiger partial charge in [0.05, 0.1) is 18.2 Å². The van der Waals surface area contributed by atoms with Crippen LogP contribution in [-0.4, -0.2) is 65.4 Å². The summed E-state index contributed by atoms with van der Waals surface area (Å²) in [5.41, 5.74) is -0.426. The summed E-state index contributed by atoms with van der Waals surface area (Å²) >= 11 is 0. The van der Waals surface area contributed by atoms with E-state index in [1.807, 2.05) is 0 Å². The van der Waals surface area contributed by atoms with Crippen LogP contribution in [0.2, 0.25) is 0 Å². The largest absolute Gasteiger partial charge is 0.416 e. The molecule has 0 spiro atoms. The van der Waals surface area contributed by atoms with Gasteiger partial charge in [-0.15, -0.1) is 0 Å². The molecular formula is C19H23F3N4O2. The summed E-state index contributed by atoms with van der Waals surface area (Å²) in [6.45, 7) is 6.02. The van der Waals surface area contributed by atoms with Gasteiger partial charge in [-0.3, -0.25) is 9.80 Å². The van der Waals surface area contributed by atoms with Gasteiger partial charge in [-0.05, 0) is 25.0 Å². The van der Waals surface area contributed by atoms with E-state index in [0.29, 0.717) is 24.1 Å². The Kier molecular flexibility index (Phi) is 5.65. The highest BCUT2D eigenvalue weighted by molar-refractivity contribution is 5.55. The second-order valence-corrected chi connectivity index (χ2v) is 7.30. The predicted octanol–water partition coefficient (Wildman–Crippen LogP) is 3.05. The van der Waals surface area contributed by atoms with Crippen LogP contribution in [0.3, 0.4) is 0 Å². The number of benzene rings is 1. The number of aromatic nitrogens is 2. The Morgan fingerprint density at radius 1 is 1.11 bits per heavy atom. The van der Waals surface area contributed by atoms with E-state index in [4.69, 9.17) is 9.26 Å². The van der Waals surface area contributed by atoms with Gasteiger partial charge in [-0.25, -0.2) is 0 Å². The number of hydrogen-bond acceptors (Lipinski definition) is 6. The SMILES string of the molecule is FC(F)(F)c1cccc(-c2noc(CN3CCN(CC4CCCO4)CC3)n2)c1. The third-order valence-corrected chi connectivity index (χ3v) is 5.23. The molecule has 0 bridgehead atoms. The molecule has 3 heterocycles. The third kappa shape index (κ3) is 4.71. The van der Waals surface area contributed by atoms with Crippen molar-refractivity contribution in [3.05, 3.63) is 35.7 Å². The zero-order valence-corrected chi connectivity index (χ0v) is 15.5. The molecule has 0 amide bonds. The van der Waals surface area contributed by atoms with Crippen molar-refractivity contribution in [1.29, 1.82) is 0 Å². The molecule has 28 heavy (non-hydrogen) atoms. The van der Waals surface area contributed by atoms with E-state index in [-0.39, 0.29) is 5.82 Å². The van der Waals surface area contributed by atoms with Crippen molar-refractivity contribution >= 4 is 0 Å². The van der Waals surface area contributed by atoms with E-state index in [2.05, 4.69) is 19.9 Å². The molecule has 9 heteroatoms. The molecule has 2 saturated heterocycles. The second kappa shape index (κ2) is 8.18. The highest BCUT2D eigenvalue weighted by Crippen LogP contribution is 2.31. The van der Waals surface area contributed by atoms with Crippen LogP contribution in [0.5, 0.6) is 0 Å². The molecule has 152 valence electrons. The van der Waals surface area contributed by atoms with Gasteiger partial charge < -0.3 is 9.26 Å². The Balaban J connectivity index is 1.32. The van der Waals surface area contributed by atoms with Gasteiger partial charge in [0.25, 0.3) is 0 Å². The first-order chi connectivity index (χ1) is 13.5. The first-order valence-electron chi connectivity index (χ1n) is 9.54. The van der Waals surface area contributed by atoms with Gasteiger partial charge in [0.1, 0.15) is 0 Å².